The van der Waals surface area contributed by atoms with Gasteiger partial charge < -0.3 is 5.32 Å². The molecule has 1 saturated heterocycles. The SMILES string of the molecule is CCCNC1CCCN(Cc2ccccn2)C1. The van der Waals surface area contributed by atoms with E-state index in [1.807, 2.05) is 12.3 Å². The van der Waals surface area contributed by atoms with E-state index in [-0.39, 0.29) is 0 Å². The summed E-state index contributed by atoms with van der Waals surface area (Å²) in [4.78, 5) is 6.91. The fourth-order valence-electron chi connectivity index (χ4n) is 2.43. The molecule has 2 heterocycles. The fraction of sp³-hybridized carbons (Fsp3) is 0.643. The van der Waals surface area contributed by atoms with Crippen molar-refractivity contribution in [1.29, 1.82) is 0 Å². The second-order valence-electron chi connectivity index (χ2n) is 4.85. The predicted octanol–water partition coefficient (Wildman–Crippen LogP) is 2.05. The molecular weight excluding hydrogens is 210 g/mol. The van der Waals surface area contributed by atoms with Crippen molar-refractivity contribution < 1.29 is 0 Å². The quantitative estimate of drug-likeness (QED) is 0.843. The van der Waals surface area contributed by atoms with Crippen molar-refractivity contribution in [2.24, 2.45) is 0 Å². The Bertz CT molecular complexity index is 313. The minimum absolute atomic E-state index is 0.674. The lowest BCUT2D eigenvalue weighted by Crippen LogP contribution is -2.45. The zero-order valence-corrected chi connectivity index (χ0v) is 10.7. The minimum Gasteiger partial charge on any atom is -0.313 e. The van der Waals surface area contributed by atoms with Crippen molar-refractivity contribution in [3.8, 4) is 0 Å². The van der Waals surface area contributed by atoms with Gasteiger partial charge in [-0.15, -0.1) is 0 Å². The molecule has 0 aliphatic carbocycles. The van der Waals surface area contributed by atoms with Gasteiger partial charge in [0.25, 0.3) is 0 Å². The summed E-state index contributed by atoms with van der Waals surface area (Å²) in [6, 6.07) is 6.83. The monoisotopic (exact) mass is 233 g/mol. The summed E-state index contributed by atoms with van der Waals surface area (Å²) in [7, 11) is 0. The number of aromatic nitrogens is 1. The molecule has 0 spiro atoms. The molecule has 17 heavy (non-hydrogen) atoms. The number of piperidine rings is 1. The number of likely N-dealkylation sites (tertiary alicyclic amines) is 1. The Hall–Kier alpha value is -0.930. The van der Waals surface area contributed by atoms with Crippen LogP contribution in [0.4, 0.5) is 0 Å². The molecule has 2 rings (SSSR count). The zero-order chi connectivity index (χ0) is 11.9. The molecule has 0 amide bonds. The van der Waals surface area contributed by atoms with Gasteiger partial charge in [0.05, 0.1) is 5.69 Å². The second kappa shape index (κ2) is 6.72. The molecule has 1 aromatic heterocycles. The number of nitrogens with zero attached hydrogens (tertiary/aromatic N) is 2. The molecule has 1 unspecified atom stereocenters. The van der Waals surface area contributed by atoms with Crippen LogP contribution in [0.25, 0.3) is 0 Å². The van der Waals surface area contributed by atoms with Crippen LogP contribution < -0.4 is 5.32 Å². The predicted molar refractivity (Wildman–Crippen MR) is 70.8 cm³/mol. The van der Waals surface area contributed by atoms with Gasteiger partial charge in [-0.3, -0.25) is 9.88 Å². The van der Waals surface area contributed by atoms with Crippen LogP contribution in [0.1, 0.15) is 31.9 Å². The Kier molecular flexibility index (Phi) is 4.95. The van der Waals surface area contributed by atoms with Crippen molar-refractivity contribution in [3.05, 3.63) is 30.1 Å². The van der Waals surface area contributed by atoms with Gasteiger partial charge in [-0.1, -0.05) is 13.0 Å². The Labute approximate surface area is 104 Å². The van der Waals surface area contributed by atoms with E-state index in [1.165, 1.54) is 31.5 Å². The summed E-state index contributed by atoms with van der Waals surface area (Å²) >= 11 is 0. The van der Waals surface area contributed by atoms with Crippen LogP contribution in [0.15, 0.2) is 24.4 Å². The first-order chi connectivity index (χ1) is 8.38. The maximum atomic E-state index is 4.40. The largest absolute Gasteiger partial charge is 0.313 e. The molecule has 0 radical (unpaired) electrons. The molecule has 1 aliphatic rings. The van der Waals surface area contributed by atoms with E-state index in [4.69, 9.17) is 0 Å². The number of pyridine rings is 1. The van der Waals surface area contributed by atoms with Crippen LogP contribution >= 0.6 is 0 Å². The molecule has 94 valence electrons. The van der Waals surface area contributed by atoms with Crippen molar-refractivity contribution in [2.45, 2.75) is 38.8 Å². The molecule has 1 N–H and O–H groups in total. The van der Waals surface area contributed by atoms with Gasteiger partial charge in [0, 0.05) is 25.3 Å². The second-order valence-corrected chi connectivity index (χ2v) is 4.85. The van der Waals surface area contributed by atoms with Gasteiger partial charge in [-0.05, 0) is 44.5 Å². The highest BCUT2D eigenvalue weighted by Gasteiger charge is 2.19. The third-order valence-corrected chi connectivity index (χ3v) is 3.30. The average Bonchev–Trinajstić information content (AvgIpc) is 2.38. The van der Waals surface area contributed by atoms with Gasteiger partial charge in [-0.2, -0.15) is 0 Å². The van der Waals surface area contributed by atoms with E-state index >= 15 is 0 Å². The number of nitrogens with one attached hydrogen (secondary N) is 1. The van der Waals surface area contributed by atoms with Crippen LogP contribution in [0.3, 0.4) is 0 Å². The van der Waals surface area contributed by atoms with Crippen LogP contribution in [0.2, 0.25) is 0 Å². The molecular formula is C14H23N3. The number of rotatable bonds is 5. The summed E-state index contributed by atoms with van der Waals surface area (Å²) in [6.45, 7) is 6.73. The molecule has 1 atom stereocenters. The lowest BCUT2D eigenvalue weighted by molar-refractivity contribution is 0.182. The summed E-state index contributed by atoms with van der Waals surface area (Å²) in [6.07, 6.45) is 5.72. The summed E-state index contributed by atoms with van der Waals surface area (Å²) in [5.41, 5.74) is 1.18. The molecule has 1 aromatic rings. The highest BCUT2D eigenvalue weighted by atomic mass is 15.2. The van der Waals surface area contributed by atoms with E-state index < -0.39 is 0 Å². The minimum atomic E-state index is 0.674. The van der Waals surface area contributed by atoms with Gasteiger partial charge in [0.15, 0.2) is 0 Å². The van der Waals surface area contributed by atoms with E-state index in [1.54, 1.807) is 0 Å². The van der Waals surface area contributed by atoms with Gasteiger partial charge in [0.2, 0.25) is 0 Å². The molecule has 1 aliphatic heterocycles. The lowest BCUT2D eigenvalue weighted by atomic mass is 10.1. The van der Waals surface area contributed by atoms with Crippen LogP contribution in [-0.4, -0.2) is 35.6 Å². The first kappa shape index (κ1) is 12.5. The highest BCUT2D eigenvalue weighted by Crippen LogP contribution is 2.12. The topological polar surface area (TPSA) is 28.2 Å². The third-order valence-electron chi connectivity index (χ3n) is 3.30. The summed E-state index contributed by atoms with van der Waals surface area (Å²) in [5, 5.41) is 3.62. The van der Waals surface area contributed by atoms with Gasteiger partial charge in [-0.25, -0.2) is 0 Å². The Balaban J connectivity index is 1.81. The van der Waals surface area contributed by atoms with E-state index in [2.05, 4.69) is 34.3 Å². The normalized spacial score (nSPS) is 21.6. The van der Waals surface area contributed by atoms with Gasteiger partial charge in [0.1, 0.15) is 0 Å². The van der Waals surface area contributed by atoms with E-state index in [0.29, 0.717) is 6.04 Å². The first-order valence-corrected chi connectivity index (χ1v) is 6.74. The molecule has 1 fully saturated rings. The first-order valence-electron chi connectivity index (χ1n) is 6.74. The van der Waals surface area contributed by atoms with Crippen molar-refractivity contribution in [3.63, 3.8) is 0 Å². The Morgan fingerprint density at radius 2 is 2.41 bits per heavy atom. The fourth-order valence-corrected chi connectivity index (χ4v) is 2.43. The standard InChI is InChI=1S/C14H23N3/c1-2-8-15-14-7-5-10-17(12-14)11-13-6-3-4-9-16-13/h3-4,6,9,14-15H,2,5,7-8,10-12H2,1H3. The molecule has 0 bridgehead atoms. The Morgan fingerprint density at radius 1 is 1.47 bits per heavy atom. The maximum Gasteiger partial charge on any atom is 0.0543 e. The average molecular weight is 233 g/mol. The van der Waals surface area contributed by atoms with Crippen molar-refractivity contribution >= 4 is 0 Å². The van der Waals surface area contributed by atoms with E-state index in [9.17, 15) is 0 Å². The van der Waals surface area contributed by atoms with Crippen LogP contribution in [-0.2, 0) is 6.54 Å². The van der Waals surface area contributed by atoms with E-state index in [0.717, 1.165) is 19.6 Å². The van der Waals surface area contributed by atoms with Crippen LogP contribution in [0.5, 0.6) is 0 Å². The molecule has 3 nitrogen and oxygen atoms in total. The summed E-state index contributed by atoms with van der Waals surface area (Å²) in [5.74, 6) is 0. The zero-order valence-electron chi connectivity index (χ0n) is 10.7. The van der Waals surface area contributed by atoms with Gasteiger partial charge >= 0.3 is 0 Å². The third kappa shape index (κ3) is 4.10. The number of hydrogen-bond donors (Lipinski definition) is 1. The smallest absolute Gasteiger partial charge is 0.0543 e. The lowest BCUT2D eigenvalue weighted by Gasteiger charge is -2.33. The molecule has 0 saturated carbocycles. The van der Waals surface area contributed by atoms with Crippen molar-refractivity contribution in [2.75, 3.05) is 19.6 Å². The van der Waals surface area contributed by atoms with Crippen LogP contribution in [0, 0.1) is 0 Å². The molecule has 3 heteroatoms. The maximum absolute atomic E-state index is 4.40. The Morgan fingerprint density at radius 3 is 3.18 bits per heavy atom. The van der Waals surface area contributed by atoms with Crippen molar-refractivity contribution in [1.82, 2.24) is 15.2 Å². The highest BCUT2D eigenvalue weighted by molar-refractivity contribution is 5.03. The number of hydrogen-bond acceptors (Lipinski definition) is 3. The summed E-state index contributed by atoms with van der Waals surface area (Å²) < 4.78 is 0. The molecule has 0 aromatic carbocycles.